The van der Waals surface area contributed by atoms with E-state index in [1.54, 1.807) is 0 Å². The van der Waals surface area contributed by atoms with Gasteiger partial charge in [-0.05, 0) is 41.3 Å². The molecule has 2 aromatic carbocycles. The molecule has 0 aromatic heterocycles. The standard InChI is InChI=1S/C23H27ClN2O2/c24-19-7-8-23-22(16-19)21(20-5-2-1-4-18(20)17-28-23)6-3-9-25-10-12-26(13-11-25)14-15-27/h1-2,4-8,16,27H,3,9-15,17H2. The van der Waals surface area contributed by atoms with Crippen LogP contribution in [0.3, 0.4) is 0 Å². The molecule has 0 spiro atoms. The summed E-state index contributed by atoms with van der Waals surface area (Å²) >= 11 is 6.30. The summed E-state index contributed by atoms with van der Waals surface area (Å²) in [6.45, 7) is 6.83. The molecule has 1 saturated heterocycles. The van der Waals surface area contributed by atoms with E-state index in [9.17, 15) is 0 Å². The van der Waals surface area contributed by atoms with Gasteiger partial charge in [-0.25, -0.2) is 0 Å². The van der Waals surface area contributed by atoms with E-state index in [2.05, 4.69) is 40.1 Å². The highest BCUT2D eigenvalue weighted by Gasteiger charge is 2.20. The van der Waals surface area contributed by atoms with Crippen molar-refractivity contribution in [3.8, 4) is 5.75 Å². The predicted octanol–water partition coefficient (Wildman–Crippen LogP) is 3.66. The van der Waals surface area contributed by atoms with Crippen molar-refractivity contribution in [2.45, 2.75) is 13.0 Å². The first-order valence-electron chi connectivity index (χ1n) is 10.0. The summed E-state index contributed by atoms with van der Waals surface area (Å²) in [6.07, 6.45) is 3.32. The van der Waals surface area contributed by atoms with Gasteiger partial charge in [-0.2, -0.15) is 0 Å². The minimum atomic E-state index is 0.246. The van der Waals surface area contributed by atoms with Gasteiger partial charge < -0.3 is 14.7 Å². The summed E-state index contributed by atoms with van der Waals surface area (Å²) in [6, 6.07) is 14.3. The van der Waals surface area contributed by atoms with Crippen LogP contribution in [0.1, 0.15) is 23.1 Å². The number of halogens is 1. The van der Waals surface area contributed by atoms with Gasteiger partial charge in [-0.1, -0.05) is 41.9 Å². The summed E-state index contributed by atoms with van der Waals surface area (Å²) in [5.41, 5.74) is 4.73. The second-order valence-electron chi connectivity index (χ2n) is 7.40. The number of hydrogen-bond donors (Lipinski definition) is 1. The molecule has 0 saturated carbocycles. The van der Waals surface area contributed by atoms with Gasteiger partial charge in [0.25, 0.3) is 0 Å². The lowest BCUT2D eigenvalue weighted by molar-refractivity contribution is 0.114. The number of β-amino-alcohol motifs (C(OH)–C–C–N with tert-alkyl or cyclic N) is 1. The van der Waals surface area contributed by atoms with Crippen LogP contribution in [-0.4, -0.2) is 60.8 Å². The molecule has 2 aliphatic rings. The Bertz CT molecular complexity index is 844. The van der Waals surface area contributed by atoms with E-state index in [0.717, 1.165) is 62.0 Å². The van der Waals surface area contributed by atoms with E-state index in [0.29, 0.717) is 6.61 Å². The Kier molecular flexibility index (Phi) is 6.33. The van der Waals surface area contributed by atoms with Crippen LogP contribution >= 0.6 is 11.6 Å². The fraction of sp³-hybridized carbons (Fsp3) is 0.391. The number of piperazine rings is 1. The molecule has 0 unspecified atom stereocenters. The van der Waals surface area contributed by atoms with Crippen molar-refractivity contribution in [3.63, 3.8) is 0 Å². The van der Waals surface area contributed by atoms with Crippen LogP contribution in [0.4, 0.5) is 0 Å². The monoisotopic (exact) mass is 398 g/mol. The molecule has 28 heavy (non-hydrogen) atoms. The maximum Gasteiger partial charge on any atom is 0.127 e. The van der Waals surface area contributed by atoms with Gasteiger partial charge in [0, 0.05) is 49.9 Å². The molecule has 0 aliphatic carbocycles. The van der Waals surface area contributed by atoms with Crippen molar-refractivity contribution in [2.24, 2.45) is 0 Å². The minimum Gasteiger partial charge on any atom is -0.488 e. The summed E-state index contributed by atoms with van der Waals surface area (Å²) < 4.78 is 6.06. The Hall–Kier alpha value is -1.85. The fourth-order valence-electron chi connectivity index (χ4n) is 4.04. The number of aliphatic hydroxyl groups is 1. The molecule has 0 bridgehead atoms. The van der Waals surface area contributed by atoms with E-state index in [1.807, 2.05) is 18.2 Å². The lowest BCUT2D eigenvalue weighted by atomic mass is 9.93. The Labute approximate surface area is 172 Å². The van der Waals surface area contributed by atoms with Gasteiger partial charge in [0.05, 0.1) is 6.61 Å². The number of rotatable bonds is 5. The molecular formula is C23H27ClN2O2. The highest BCUT2D eigenvalue weighted by atomic mass is 35.5. The molecular weight excluding hydrogens is 372 g/mol. The van der Waals surface area contributed by atoms with Crippen molar-refractivity contribution in [1.29, 1.82) is 0 Å². The highest BCUT2D eigenvalue weighted by molar-refractivity contribution is 6.30. The smallest absolute Gasteiger partial charge is 0.127 e. The molecule has 1 fully saturated rings. The lowest BCUT2D eigenvalue weighted by Crippen LogP contribution is -2.47. The number of aliphatic hydroxyl groups excluding tert-OH is 1. The van der Waals surface area contributed by atoms with Crippen LogP contribution in [0.25, 0.3) is 5.57 Å². The molecule has 4 nitrogen and oxygen atoms in total. The van der Waals surface area contributed by atoms with Crippen molar-refractivity contribution < 1.29 is 9.84 Å². The quantitative estimate of drug-likeness (QED) is 0.833. The van der Waals surface area contributed by atoms with E-state index < -0.39 is 0 Å². The zero-order chi connectivity index (χ0) is 19.3. The third-order valence-corrected chi connectivity index (χ3v) is 5.83. The molecule has 4 rings (SSSR count). The van der Waals surface area contributed by atoms with E-state index in [1.165, 1.54) is 16.7 Å². The van der Waals surface area contributed by atoms with Gasteiger partial charge in [0.15, 0.2) is 0 Å². The van der Waals surface area contributed by atoms with Gasteiger partial charge in [0.2, 0.25) is 0 Å². The second-order valence-corrected chi connectivity index (χ2v) is 7.84. The summed E-state index contributed by atoms with van der Waals surface area (Å²) in [5.74, 6) is 0.893. The average molecular weight is 399 g/mol. The number of fused-ring (bicyclic) bond motifs is 2. The maximum atomic E-state index is 9.09. The van der Waals surface area contributed by atoms with Crippen LogP contribution in [-0.2, 0) is 6.61 Å². The molecule has 0 atom stereocenters. The Morgan fingerprint density at radius 3 is 2.50 bits per heavy atom. The topological polar surface area (TPSA) is 35.9 Å². The number of nitrogens with zero attached hydrogens (tertiary/aromatic N) is 2. The number of hydrogen-bond acceptors (Lipinski definition) is 4. The average Bonchev–Trinajstić information content (AvgIpc) is 2.87. The largest absolute Gasteiger partial charge is 0.488 e. The predicted molar refractivity (Wildman–Crippen MR) is 114 cm³/mol. The third kappa shape index (κ3) is 4.41. The lowest BCUT2D eigenvalue weighted by Gasteiger charge is -2.34. The van der Waals surface area contributed by atoms with Gasteiger partial charge >= 0.3 is 0 Å². The fourth-order valence-corrected chi connectivity index (χ4v) is 4.21. The second kappa shape index (κ2) is 9.10. The maximum absolute atomic E-state index is 9.09. The van der Waals surface area contributed by atoms with Crippen molar-refractivity contribution in [2.75, 3.05) is 45.9 Å². The zero-order valence-electron chi connectivity index (χ0n) is 16.1. The van der Waals surface area contributed by atoms with E-state index >= 15 is 0 Å². The summed E-state index contributed by atoms with van der Waals surface area (Å²) in [4.78, 5) is 4.83. The van der Waals surface area contributed by atoms with E-state index in [4.69, 9.17) is 21.4 Å². The normalized spacial score (nSPS) is 19.0. The van der Waals surface area contributed by atoms with Gasteiger partial charge in [-0.15, -0.1) is 0 Å². The minimum absolute atomic E-state index is 0.246. The van der Waals surface area contributed by atoms with Crippen molar-refractivity contribution >= 4 is 17.2 Å². The Morgan fingerprint density at radius 2 is 1.71 bits per heavy atom. The first-order valence-corrected chi connectivity index (χ1v) is 10.4. The van der Waals surface area contributed by atoms with E-state index in [-0.39, 0.29) is 6.61 Å². The van der Waals surface area contributed by atoms with Crippen LogP contribution in [0, 0.1) is 0 Å². The van der Waals surface area contributed by atoms with Crippen LogP contribution in [0.2, 0.25) is 5.02 Å². The first kappa shape index (κ1) is 19.5. The highest BCUT2D eigenvalue weighted by Crippen LogP contribution is 2.38. The van der Waals surface area contributed by atoms with Crippen LogP contribution in [0.5, 0.6) is 5.75 Å². The summed E-state index contributed by atoms with van der Waals surface area (Å²) in [5, 5.41) is 9.82. The molecule has 2 aromatic rings. The molecule has 2 heterocycles. The Balaban J connectivity index is 1.52. The van der Waals surface area contributed by atoms with Crippen molar-refractivity contribution in [3.05, 3.63) is 70.3 Å². The summed E-state index contributed by atoms with van der Waals surface area (Å²) in [7, 11) is 0. The number of ether oxygens (including phenoxy) is 1. The molecule has 148 valence electrons. The van der Waals surface area contributed by atoms with Crippen LogP contribution in [0.15, 0.2) is 48.5 Å². The van der Waals surface area contributed by atoms with Gasteiger partial charge in [0.1, 0.15) is 12.4 Å². The molecule has 0 radical (unpaired) electrons. The zero-order valence-corrected chi connectivity index (χ0v) is 16.9. The molecule has 0 amide bonds. The molecule has 2 aliphatic heterocycles. The Morgan fingerprint density at radius 1 is 0.964 bits per heavy atom. The third-order valence-electron chi connectivity index (χ3n) is 5.60. The number of benzene rings is 2. The first-order chi connectivity index (χ1) is 13.7. The molecule has 5 heteroatoms. The van der Waals surface area contributed by atoms with Crippen molar-refractivity contribution in [1.82, 2.24) is 9.80 Å². The SMILES string of the molecule is OCCN1CCN(CCC=C2c3ccccc3COc3ccc(Cl)cc32)CC1. The van der Waals surface area contributed by atoms with Crippen LogP contribution < -0.4 is 4.74 Å². The van der Waals surface area contributed by atoms with Gasteiger partial charge in [-0.3, -0.25) is 4.90 Å². The molecule has 1 N–H and O–H groups in total.